The summed E-state index contributed by atoms with van der Waals surface area (Å²) in [4.78, 5) is 34.1. The summed E-state index contributed by atoms with van der Waals surface area (Å²) in [5, 5.41) is 1.01. The standard InChI is InChI=1S/C33H30ClFN4O2/c1-6-30(40)37-14-15-38(21(4)19-37)32-26-17-27(34)25(22-10-9-11-23(35)16-22)18-29(26)39(33(41)31(32)36-5)28-13-8-7-12-24(28)20(2)3/h6-13,16-18,20-21H,1,14-15,19H2,2-4H3/t21-/m0/s1. The van der Waals surface area contributed by atoms with E-state index in [-0.39, 0.29) is 23.6 Å². The van der Waals surface area contributed by atoms with E-state index in [0.29, 0.717) is 58.1 Å². The molecule has 1 saturated heterocycles. The number of carbonyl (C=O) groups excluding carboxylic acids is 1. The molecule has 1 aliphatic heterocycles. The van der Waals surface area contributed by atoms with Crippen LogP contribution >= 0.6 is 11.6 Å². The predicted octanol–water partition coefficient (Wildman–Crippen LogP) is 7.35. The minimum absolute atomic E-state index is 0.0130. The number of aromatic nitrogens is 1. The predicted molar refractivity (Wildman–Crippen MR) is 164 cm³/mol. The van der Waals surface area contributed by atoms with Gasteiger partial charge in [-0.15, -0.1) is 0 Å². The number of fused-ring (bicyclic) bond motifs is 1. The van der Waals surface area contributed by atoms with Crippen molar-refractivity contribution in [3.63, 3.8) is 0 Å². The summed E-state index contributed by atoms with van der Waals surface area (Å²) in [5.41, 5.74) is 3.37. The minimum Gasteiger partial charge on any atom is -0.373 e. The van der Waals surface area contributed by atoms with Crippen molar-refractivity contribution in [3.05, 3.63) is 111 Å². The number of pyridine rings is 1. The summed E-state index contributed by atoms with van der Waals surface area (Å²) < 4.78 is 15.8. The van der Waals surface area contributed by atoms with Crippen LogP contribution in [0.5, 0.6) is 0 Å². The number of benzene rings is 3. The van der Waals surface area contributed by atoms with Crippen molar-refractivity contribution in [2.24, 2.45) is 0 Å². The Balaban J connectivity index is 1.86. The zero-order valence-electron chi connectivity index (χ0n) is 23.2. The van der Waals surface area contributed by atoms with Crippen LogP contribution in [0.15, 0.2) is 78.1 Å². The van der Waals surface area contributed by atoms with Crippen molar-refractivity contribution < 1.29 is 9.18 Å². The maximum atomic E-state index is 14.3. The van der Waals surface area contributed by atoms with Crippen LogP contribution in [0.3, 0.4) is 0 Å². The first-order valence-corrected chi connectivity index (χ1v) is 13.9. The number of hydrogen-bond acceptors (Lipinski definition) is 3. The number of halogens is 2. The minimum atomic E-state index is -0.445. The fourth-order valence-electron chi connectivity index (χ4n) is 5.69. The molecule has 0 N–H and O–H groups in total. The Hall–Kier alpha value is -4.41. The van der Waals surface area contributed by atoms with Crippen molar-refractivity contribution >= 4 is 39.8 Å². The van der Waals surface area contributed by atoms with E-state index in [9.17, 15) is 14.0 Å². The van der Waals surface area contributed by atoms with Gasteiger partial charge in [-0.2, -0.15) is 0 Å². The number of nitrogens with zero attached hydrogens (tertiary/aromatic N) is 4. The first-order valence-electron chi connectivity index (χ1n) is 13.5. The lowest BCUT2D eigenvalue weighted by molar-refractivity contribution is -0.126. The van der Waals surface area contributed by atoms with Crippen LogP contribution in [-0.4, -0.2) is 41.1 Å². The Morgan fingerprint density at radius 3 is 2.56 bits per heavy atom. The molecule has 0 bridgehead atoms. The van der Waals surface area contributed by atoms with Gasteiger partial charge < -0.3 is 9.80 Å². The van der Waals surface area contributed by atoms with Crippen LogP contribution in [0.25, 0.3) is 32.6 Å². The maximum absolute atomic E-state index is 14.3. The first kappa shape index (κ1) is 28.1. The first-order chi connectivity index (χ1) is 19.7. The molecule has 3 aromatic carbocycles. The Labute approximate surface area is 243 Å². The molecule has 1 fully saturated rings. The van der Waals surface area contributed by atoms with Crippen molar-refractivity contribution in [1.29, 1.82) is 0 Å². The molecule has 4 aromatic rings. The maximum Gasteiger partial charge on any atom is 0.274 e. The largest absolute Gasteiger partial charge is 0.373 e. The van der Waals surface area contributed by atoms with Gasteiger partial charge in [0.25, 0.3) is 11.2 Å². The van der Waals surface area contributed by atoms with Gasteiger partial charge in [-0.05, 0) is 60.4 Å². The van der Waals surface area contributed by atoms with Crippen LogP contribution in [-0.2, 0) is 4.79 Å². The van der Waals surface area contributed by atoms with Gasteiger partial charge in [-0.1, -0.05) is 62.4 Å². The Bertz CT molecular complexity index is 1790. The van der Waals surface area contributed by atoms with Crippen LogP contribution in [0.4, 0.5) is 15.8 Å². The van der Waals surface area contributed by atoms with Crippen LogP contribution in [0.1, 0.15) is 32.3 Å². The molecule has 0 aliphatic carbocycles. The van der Waals surface area contributed by atoms with E-state index in [2.05, 4.69) is 25.3 Å². The molecule has 1 aliphatic rings. The van der Waals surface area contributed by atoms with Crippen molar-refractivity contribution in [3.8, 4) is 16.8 Å². The highest BCUT2D eigenvalue weighted by Gasteiger charge is 2.31. The normalized spacial score (nSPS) is 15.3. The molecule has 208 valence electrons. The van der Waals surface area contributed by atoms with Crippen LogP contribution < -0.4 is 10.5 Å². The molecule has 5 rings (SSSR count). The third-order valence-electron chi connectivity index (χ3n) is 7.66. The van der Waals surface area contributed by atoms with E-state index in [0.717, 1.165) is 5.56 Å². The van der Waals surface area contributed by atoms with Gasteiger partial charge in [-0.3, -0.25) is 14.2 Å². The topological polar surface area (TPSA) is 49.9 Å². The lowest BCUT2D eigenvalue weighted by atomic mass is 9.98. The summed E-state index contributed by atoms with van der Waals surface area (Å²) in [6, 6.07) is 17.2. The Morgan fingerprint density at radius 1 is 1.15 bits per heavy atom. The number of hydrogen-bond donors (Lipinski definition) is 0. The molecular formula is C33H30ClFN4O2. The van der Waals surface area contributed by atoms with Crippen molar-refractivity contribution in [2.75, 3.05) is 24.5 Å². The third-order valence-corrected chi connectivity index (χ3v) is 7.97. The molecule has 8 heteroatoms. The van der Waals surface area contributed by atoms with E-state index in [1.807, 2.05) is 42.2 Å². The second-order valence-electron chi connectivity index (χ2n) is 10.6. The van der Waals surface area contributed by atoms with Crippen molar-refractivity contribution in [1.82, 2.24) is 9.47 Å². The fourth-order valence-corrected chi connectivity index (χ4v) is 5.96. The highest BCUT2D eigenvalue weighted by Crippen LogP contribution is 2.42. The number of anilines is 1. The van der Waals surface area contributed by atoms with E-state index < -0.39 is 11.4 Å². The van der Waals surface area contributed by atoms with Crippen molar-refractivity contribution in [2.45, 2.75) is 32.7 Å². The zero-order valence-corrected chi connectivity index (χ0v) is 24.0. The molecular weight excluding hydrogens is 539 g/mol. The highest BCUT2D eigenvalue weighted by molar-refractivity contribution is 6.34. The summed E-state index contributed by atoms with van der Waals surface area (Å²) in [7, 11) is 0. The van der Waals surface area contributed by atoms with E-state index in [1.165, 1.54) is 18.2 Å². The molecule has 0 radical (unpaired) electrons. The second-order valence-corrected chi connectivity index (χ2v) is 11.0. The van der Waals surface area contributed by atoms with E-state index in [4.69, 9.17) is 18.2 Å². The number of carbonyl (C=O) groups is 1. The molecule has 1 atom stereocenters. The third kappa shape index (κ3) is 5.00. The Kier molecular flexibility index (Phi) is 7.70. The molecule has 41 heavy (non-hydrogen) atoms. The molecule has 6 nitrogen and oxygen atoms in total. The average Bonchev–Trinajstić information content (AvgIpc) is 2.96. The average molecular weight is 569 g/mol. The molecule has 1 amide bonds. The van der Waals surface area contributed by atoms with E-state index in [1.54, 1.807) is 27.7 Å². The van der Waals surface area contributed by atoms with Gasteiger partial charge in [0.05, 0.1) is 23.5 Å². The molecule has 2 heterocycles. The zero-order chi connectivity index (χ0) is 29.4. The van der Waals surface area contributed by atoms with E-state index >= 15 is 0 Å². The van der Waals surface area contributed by atoms with Crippen LogP contribution in [0.2, 0.25) is 5.02 Å². The number of amides is 1. The van der Waals surface area contributed by atoms with Gasteiger partial charge in [0.2, 0.25) is 5.91 Å². The smallest absolute Gasteiger partial charge is 0.274 e. The summed E-state index contributed by atoms with van der Waals surface area (Å²) in [5.74, 6) is -0.448. The summed E-state index contributed by atoms with van der Waals surface area (Å²) in [6.45, 7) is 19.0. The van der Waals surface area contributed by atoms with Gasteiger partial charge in [0.15, 0.2) is 0 Å². The van der Waals surface area contributed by atoms with Gasteiger partial charge in [0.1, 0.15) is 5.82 Å². The Morgan fingerprint density at radius 2 is 1.90 bits per heavy atom. The van der Waals surface area contributed by atoms with Gasteiger partial charge in [0, 0.05) is 41.6 Å². The number of piperazine rings is 1. The fraction of sp³-hybridized carbons (Fsp3) is 0.242. The lowest BCUT2D eigenvalue weighted by Crippen LogP contribution is -2.53. The highest BCUT2D eigenvalue weighted by atomic mass is 35.5. The number of para-hydroxylation sites is 1. The monoisotopic (exact) mass is 568 g/mol. The molecule has 0 unspecified atom stereocenters. The summed E-state index contributed by atoms with van der Waals surface area (Å²) in [6.07, 6.45) is 1.30. The summed E-state index contributed by atoms with van der Waals surface area (Å²) >= 11 is 6.87. The van der Waals surface area contributed by atoms with Crippen LogP contribution in [0, 0.1) is 12.4 Å². The molecule has 1 aromatic heterocycles. The molecule has 0 saturated carbocycles. The SMILES string of the molecule is [C-]#[N+]c1c(N2CCN(C(=O)C=C)C[C@@H]2C)c2cc(Cl)c(-c3cccc(F)c3)cc2n(-c2ccccc2C(C)C)c1=O. The molecule has 0 spiro atoms. The van der Waals surface area contributed by atoms with Gasteiger partial charge >= 0.3 is 0 Å². The lowest BCUT2D eigenvalue weighted by Gasteiger charge is -2.42. The number of rotatable bonds is 5. The second kappa shape index (κ2) is 11.2. The quantitative estimate of drug-likeness (QED) is 0.187. The van der Waals surface area contributed by atoms with Gasteiger partial charge in [-0.25, -0.2) is 9.24 Å².